The van der Waals surface area contributed by atoms with E-state index in [-0.39, 0.29) is 5.82 Å². The lowest BCUT2D eigenvalue weighted by atomic mass is 10.0. The zero-order chi connectivity index (χ0) is 28.3. The van der Waals surface area contributed by atoms with Crippen molar-refractivity contribution in [2.45, 2.75) is 129 Å². The van der Waals surface area contributed by atoms with Gasteiger partial charge in [0.1, 0.15) is 11.6 Å². The van der Waals surface area contributed by atoms with Crippen molar-refractivity contribution in [2.75, 3.05) is 19.8 Å². The van der Waals surface area contributed by atoms with E-state index in [1.807, 2.05) is 18.2 Å². The van der Waals surface area contributed by atoms with E-state index in [9.17, 15) is 4.39 Å². The van der Waals surface area contributed by atoms with Gasteiger partial charge in [0.05, 0.1) is 25.5 Å². The first kappa shape index (κ1) is 32.5. The number of unbranched alkanes of at least 4 members (excludes halogenated alkanes) is 14. The fraction of sp³-hybridized carbons (Fsp3) is 0.686. The van der Waals surface area contributed by atoms with Crippen LogP contribution in [0.25, 0.3) is 11.3 Å². The molecular formula is C35H54FNO3. The van der Waals surface area contributed by atoms with Crippen LogP contribution in [0, 0.1) is 11.7 Å². The molecule has 2 aromatic rings. The molecule has 5 heteroatoms. The van der Waals surface area contributed by atoms with Gasteiger partial charge in [-0.3, -0.25) is 4.98 Å². The highest BCUT2D eigenvalue weighted by atomic mass is 19.1. The van der Waals surface area contributed by atoms with Crippen LogP contribution in [0.15, 0.2) is 36.5 Å². The number of benzene rings is 1. The molecule has 40 heavy (non-hydrogen) atoms. The van der Waals surface area contributed by atoms with E-state index in [1.165, 1.54) is 96.0 Å². The zero-order valence-electron chi connectivity index (χ0n) is 25.3. The van der Waals surface area contributed by atoms with Crippen molar-refractivity contribution >= 4 is 0 Å². The number of nitrogens with zero attached hydrogens (tertiary/aromatic N) is 1. The van der Waals surface area contributed by atoms with E-state index in [0.717, 1.165) is 38.0 Å². The van der Waals surface area contributed by atoms with E-state index in [4.69, 9.17) is 14.2 Å². The quantitative estimate of drug-likeness (QED) is 0.144. The summed E-state index contributed by atoms with van der Waals surface area (Å²) in [6.07, 6.45) is 23.2. The van der Waals surface area contributed by atoms with Gasteiger partial charge < -0.3 is 14.2 Å². The number of halogens is 1. The SMILES string of the molecule is CCCCCCCCCCOc1ccc(-c2ccc([C@H]3OC[C@H](CCCCCCCCCC)CO3)cn2)c(F)c1. The molecule has 2 heterocycles. The monoisotopic (exact) mass is 555 g/mol. The van der Waals surface area contributed by atoms with Crippen LogP contribution in [0.1, 0.15) is 135 Å². The average molecular weight is 556 g/mol. The number of aromatic nitrogens is 1. The molecule has 1 saturated heterocycles. The van der Waals surface area contributed by atoms with Crippen molar-refractivity contribution in [3.63, 3.8) is 0 Å². The molecule has 0 bridgehead atoms. The molecule has 0 atom stereocenters. The Bertz CT molecular complexity index is 911. The van der Waals surface area contributed by atoms with Crippen molar-refractivity contribution < 1.29 is 18.6 Å². The minimum atomic E-state index is -0.395. The Hall–Kier alpha value is -1.98. The topological polar surface area (TPSA) is 40.6 Å². The summed E-state index contributed by atoms with van der Waals surface area (Å²) in [4.78, 5) is 4.51. The molecule has 1 aliphatic heterocycles. The van der Waals surface area contributed by atoms with E-state index in [1.54, 1.807) is 12.3 Å². The van der Waals surface area contributed by atoms with Gasteiger partial charge in [0, 0.05) is 29.3 Å². The molecule has 0 aliphatic carbocycles. The normalized spacial score (nSPS) is 17.3. The molecule has 3 rings (SSSR count). The Kier molecular flexibility index (Phi) is 16.3. The predicted molar refractivity (Wildman–Crippen MR) is 163 cm³/mol. The fourth-order valence-electron chi connectivity index (χ4n) is 5.39. The summed E-state index contributed by atoms with van der Waals surface area (Å²) in [7, 11) is 0. The maximum absolute atomic E-state index is 14.9. The number of rotatable bonds is 21. The molecule has 4 nitrogen and oxygen atoms in total. The summed E-state index contributed by atoms with van der Waals surface area (Å²) in [5.74, 6) is 0.725. The zero-order valence-corrected chi connectivity index (χ0v) is 25.3. The second-order valence-corrected chi connectivity index (χ2v) is 11.6. The Balaban J connectivity index is 1.33. The maximum atomic E-state index is 14.9. The molecule has 1 fully saturated rings. The fourth-order valence-corrected chi connectivity index (χ4v) is 5.39. The third-order valence-corrected chi connectivity index (χ3v) is 7.97. The second-order valence-electron chi connectivity index (χ2n) is 11.6. The minimum Gasteiger partial charge on any atom is -0.493 e. The van der Waals surface area contributed by atoms with Crippen molar-refractivity contribution in [1.82, 2.24) is 4.98 Å². The van der Waals surface area contributed by atoms with Gasteiger partial charge in [-0.05, 0) is 31.0 Å². The van der Waals surface area contributed by atoms with Gasteiger partial charge in [-0.25, -0.2) is 4.39 Å². The van der Waals surface area contributed by atoms with E-state index < -0.39 is 6.29 Å². The highest BCUT2D eigenvalue weighted by Gasteiger charge is 2.23. The summed E-state index contributed by atoms with van der Waals surface area (Å²) < 4.78 is 32.7. The van der Waals surface area contributed by atoms with Gasteiger partial charge >= 0.3 is 0 Å². The van der Waals surface area contributed by atoms with Crippen LogP contribution in [0.5, 0.6) is 5.75 Å². The third kappa shape index (κ3) is 12.3. The lowest BCUT2D eigenvalue weighted by molar-refractivity contribution is -0.206. The maximum Gasteiger partial charge on any atom is 0.185 e. The molecule has 224 valence electrons. The van der Waals surface area contributed by atoms with Gasteiger partial charge in [-0.2, -0.15) is 0 Å². The Labute approximate surface area is 243 Å². The number of hydrogen-bond donors (Lipinski definition) is 0. The van der Waals surface area contributed by atoms with Gasteiger partial charge in [0.15, 0.2) is 6.29 Å². The van der Waals surface area contributed by atoms with Crippen LogP contribution in [-0.2, 0) is 9.47 Å². The highest BCUT2D eigenvalue weighted by molar-refractivity contribution is 5.61. The van der Waals surface area contributed by atoms with Crippen LogP contribution < -0.4 is 4.74 Å². The predicted octanol–water partition coefficient (Wildman–Crippen LogP) is 10.6. The molecule has 0 spiro atoms. The lowest BCUT2D eigenvalue weighted by Crippen LogP contribution is -2.27. The summed E-state index contributed by atoms with van der Waals surface area (Å²) in [6, 6.07) is 8.82. The molecule has 1 aliphatic rings. The smallest absolute Gasteiger partial charge is 0.185 e. The molecule has 0 unspecified atom stereocenters. The van der Waals surface area contributed by atoms with Crippen molar-refractivity contribution in [2.24, 2.45) is 5.92 Å². The van der Waals surface area contributed by atoms with E-state index in [2.05, 4.69) is 18.8 Å². The Morgan fingerprint density at radius 1 is 0.750 bits per heavy atom. The van der Waals surface area contributed by atoms with Gasteiger partial charge in [0.25, 0.3) is 0 Å². The first-order valence-electron chi connectivity index (χ1n) is 16.3. The summed E-state index contributed by atoms with van der Waals surface area (Å²) in [6.45, 7) is 6.58. The molecule has 0 amide bonds. The molecule has 0 radical (unpaired) electrons. The minimum absolute atomic E-state index is 0.317. The summed E-state index contributed by atoms with van der Waals surface area (Å²) in [5.41, 5.74) is 1.95. The first-order chi connectivity index (χ1) is 19.7. The van der Waals surface area contributed by atoms with E-state index in [0.29, 0.717) is 29.5 Å². The van der Waals surface area contributed by atoms with Gasteiger partial charge in [-0.15, -0.1) is 0 Å². The van der Waals surface area contributed by atoms with Crippen LogP contribution in [0.2, 0.25) is 0 Å². The highest BCUT2D eigenvalue weighted by Crippen LogP contribution is 2.30. The van der Waals surface area contributed by atoms with Crippen molar-refractivity contribution in [3.05, 3.63) is 47.9 Å². The molecule has 1 aromatic carbocycles. The number of hydrogen-bond acceptors (Lipinski definition) is 4. The van der Waals surface area contributed by atoms with Gasteiger partial charge in [0.2, 0.25) is 0 Å². The molecule has 0 N–H and O–H groups in total. The number of ether oxygens (including phenoxy) is 3. The van der Waals surface area contributed by atoms with Crippen LogP contribution >= 0.6 is 0 Å². The number of pyridine rings is 1. The summed E-state index contributed by atoms with van der Waals surface area (Å²) in [5, 5.41) is 0. The first-order valence-corrected chi connectivity index (χ1v) is 16.3. The Morgan fingerprint density at radius 3 is 1.93 bits per heavy atom. The van der Waals surface area contributed by atoms with Crippen LogP contribution in [0.3, 0.4) is 0 Å². The Morgan fingerprint density at radius 2 is 1.35 bits per heavy atom. The molecule has 1 aromatic heterocycles. The molecular weight excluding hydrogens is 501 g/mol. The largest absolute Gasteiger partial charge is 0.493 e. The second kappa shape index (κ2) is 20.0. The van der Waals surface area contributed by atoms with Gasteiger partial charge in [-0.1, -0.05) is 116 Å². The van der Waals surface area contributed by atoms with Crippen molar-refractivity contribution in [3.8, 4) is 17.0 Å². The standard InChI is InChI=1S/C35H54FNO3/c1-3-5-7-9-11-13-15-17-19-29-27-39-35(40-28-29)30-20-23-34(37-26-30)32-22-21-31(25-33(32)36)38-24-18-16-14-12-10-8-6-4-2/h20-23,25-26,29,35H,3-19,24,27-28H2,1-2H3/t29-,35-. The third-order valence-electron chi connectivity index (χ3n) is 7.97. The van der Waals surface area contributed by atoms with Crippen molar-refractivity contribution in [1.29, 1.82) is 0 Å². The lowest BCUT2D eigenvalue weighted by Gasteiger charge is -2.29. The molecule has 0 saturated carbocycles. The van der Waals surface area contributed by atoms with Crippen LogP contribution in [0.4, 0.5) is 4.39 Å². The van der Waals surface area contributed by atoms with E-state index >= 15 is 0 Å². The van der Waals surface area contributed by atoms with Crippen LogP contribution in [-0.4, -0.2) is 24.8 Å². The summed E-state index contributed by atoms with van der Waals surface area (Å²) >= 11 is 0. The average Bonchev–Trinajstić information content (AvgIpc) is 2.98.